The molecule has 0 saturated heterocycles. The highest BCUT2D eigenvalue weighted by Gasteiger charge is 2.20. The molecule has 1 N–H and O–H groups in total. The molecule has 0 bridgehead atoms. The smallest absolute Gasteiger partial charge is 0.247 e. The lowest BCUT2D eigenvalue weighted by atomic mass is 10.2. The fourth-order valence-electron chi connectivity index (χ4n) is 1.90. The van der Waals surface area contributed by atoms with Crippen molar-refractivity contribution in [2.45, 2.75) is 52.2 Å². The van der Waals surface area contributed by atoms with Crippen LogP contribution in [0.5, 0.6) is 5.75 Å². The number of para-hydroxylation sites is 1. The van der Waals surface area contributed by atoms with Crippen LogP contribution < -0.4 is 9.72 Å². The fourth-order valence-corrected chi connectivity index (χ4v) is 2.71. The third kappa shape index (κ3) is 6.24. The van der Waals surface area contributed by atoms with Gasteiger partial charge in [0.2, 0.25) is 5.91 Å². The van der Waals surface area contributed by atoms with Crippen LogP contribution >= 0.6 is 0 Å². The van der Waals surface area contributed by atoms with E-state index in [1.165, 1.54) is 19.3 Å². The number of hydrogen-bond acceptors (Lipinski definition) is 2. The zero-order valence-corrected chi connectivity index (χ0v) is 14.2. The Labute approximate surface area is 123 Å². The number of rotatable bonds is 8. The minimum Gasteiger partial charge on any atom is -0.493 e. The summed E-state index contributed by atoms with van der Waals surface area (Å²) < 4.78 is 5.77. The topological polar surface area (TPSA) is 38.3 Å². The molecule has 0 spiro atoms. The maximum atomic E-state index is 12.3. The molecule has 0 aliphatic carbocycles. The van der Waals surface area contributed by atoms with E-state index in [1.807, 2.05) is 24.3 Å². The van der Waals surface area contributed by atoms with Gasteiger partial charge in [0.15, 0.2) is 0 Å². The second kappa shape index (κ2) is 8.10. The molecule has 0 fully saturated rings. The summed E-state index contributed by atoms with van der Waals surface area (Å²) in [5, 5.41) is 0. The van der Waals surface area contributed by atoms with E-state index in [0.717, 1.165) is 6.42 Å². The van der Waals surface area contributed by atoms with Gasteiger partial charge >= 0.3 is 0 Å². The summed E-state index contributed by atoms with van der Waals surface area (Å²) in [6, 6.07) is 7.49. The monoisotopic (exact) mass is 293 g/mol. The molecular weight excluding hydrogens is 266 g/mol. The van der Waals surface area contributed by atoms with E-state index in [2.05, 4.69) is 31.5 Å². The predicted octanol–water partition coefficient (Wildman–Crippen LogP) is 4.21. The van der Waals surface area contributed by atoms with Crippen LogP contribution in [-0.2, 0) is 0 Å². The Bertz CT molecular complexity index is 427. The molecule has 1 aromatic carbocycles. The van der Waals surface area contributed by atoms with Crippen molar-refractivity contribution in [2.24, 2.45) is 0 Å². The Balaban J connectivity index is 2.61. The van der Waals surface area contributed by atoms with Gasteiger partial charge in [0.25, 0.3) is 0 Å². The molecule has 0 saturated carbocycles. The van der Waals surface area contributed by atoms with Gasteiger partial charge in [-0.25, -0.2) is 0 Å². The number of hydrogen-bond donors (Lipinski definition) is 1. The third-order valence-corrected chi connectivity index (χ3v) is 3.85. The number of amides is 1. The number of nitrogens with one attached hydrogen (secondary N) is 1. The molecule has 3 nitrogen and oxygen atoms in total. The molecule has 1 aromatic rings. The van der Waals surface area contributed by atoms with Crippen LogP contribution in [0.2, 0.25) is 19.6 Å². The number of carbonyl (C=O) groups excluding carboxylic acids is 1. The van der Waals surface area contributed by atoms with Crippen LogP contribution in [0.25, 0.3) is 0 Å². The Morgan fingerprint density at radius 3 is 2.50 bits per heavy atom. The predicted molar refractivity (Wildman–Crippen MR) is 86.9 cm³/mol. The number of benzene rings is 1. The average molecular weight is 293 g/mol. The van der Waals surface area contributed by atoms with Gasteiger partial charge in [0, 0.05) is 0 Å². The second-order valence-corrected chi connectivity index (χ2v) is 10.9. The molecule has 0 aliphatic heterocycles. The Morgan fingerprint density at radius 2 is 1.85 bits per heavy atom. The fraction of sp³-hybridized carbons (Fsp3) is 0.562. The first kappa shape index (κ1) is 16.8. The lowest BCUT2D eigenvalue weighted by Gasteiger charge is -2.19. The molecule has 112 valence electrons. The van der Waals surface area contributed by atoms with E-state index < -0.39 is 8.24 Å². The summed E-state index contributed by atoms with van der Waals surface area (Å²) in [5.41, 5.74) is 0.644. The standard InChI is InChI=1S/C16H27NO2Si/c1-5-6-7-10-13-19-15-12-9-8-11-14(15)16(18)17-20(2,3)4/h8-9,11-12H,5-7,10,13H2,1-4H3,(H,17,18). The lowest BCUT2D eigenvalue weighted by molar-refractivity contribution is 0.0974. The second-order valence-electron chi connectivity index (χ2n) is 6.11. The number of unbranched alkanes of at least 4 members (excludes halogenated alkanes) is 3. The number of carbonyl (C=O) groups is 1. The molecule has 20 heavy (non-hydrogen) atoms. The normalized spacial score (nSPS) is 11.2. The zero-order chi connectivity index (χ0) is 15.0. The summed E-state index contributed by atoms with van der Waals surface area (Å²) in [5.74, 6) is 0.674. The zero-order valence-electron chi connectivity index (χ0n) is 13.2. The van der Waals surface area contributed by atoms with Gasteiger partial charge in [-0.2, -0.15) is 0 Å². The highest BCUT2D eigenvalue weighted by Crippen LogP contribution is 2.19. The molecule has 0 unspecified atom stereocenters. The highest BCUT2D eigenvalue weighted by atomic mass is 28.3. The van der Waals surface area contributed by atoms with Crippen LogP contribution in [0.1, 0.15) is 43.0 Å². The highest BCUT2D eigenvalue weighted by molar-refractivity contribution is 6.76. The van der Waals surface area contributed by atoms with Crippen molar-refractivity contribution in [1.82, 2.24) is 4.98 Å². The minimum atomic E-state index is -1.63. The first-order chi connectivity index (χ1) is 9.44. The molecule has 0 aromatic heterocycles. The van der Waals surface area contributed by atoms with Crippen LogP contribution in [0, 0.1) is 0 Å². The molecular formula is C16H27NO2Si. The average Bonchev–Trinajstić information content (AvgIpc) is 2.37. The van der Waals surface area contributed by atoms with Gasteiger partial charge < -0.3 is 9.72 Å². The van der Waals surface area contributed by atoms with Crippen LogP contribution in [0.3, 0.4) is 0 Å². The summed E-state index contributed by atoms with van der Waals surface area (Å²) in [4.78, 5) is 15.4. The van der Waals surface area contributed by atoms with E-state index in [4.69, 9.17) is 4.74 Å². The molecule has 0 radical (unpaired) electrons. The van der Waals surface area contributed by atoms with Crippen molar-refractivity contribution < 1.29 is 9.53 Å². The molecule has 0 heterocycles. The first-order valence-corrected chi connectivity index (χ1v) is 11.0. The molecule has 0 aliphatic rings. The Hall–Kier alpha value is -1.29. The van der Waals surface area contributed by atoms with E-state index in [0.29, 0.717) is 17.9 Å². The van der Waals surface area contributed by atoms with E-state index in [1.54, 1.807) is 0 Å². The quantitative estimate of drug-likeness (QED) is 0.576. The molecule has 1 amide bonds. The maximum Gasteiger partial charge on any atom is 0.247 e. The number of ether oxygens (including phenoxy) is 1. The Morgan fingerprint density at radius 1 is 1.15 bits per heavy atom. The van der Waals surface area contributed by atoms with Crippen molar-refractivity contribution in [2.75, 3.05) is 6.61 Å². The van der Waals surface area contributed by atoms with Gasteiger partial charge in [-0.05, 0) is 18.6 Å². The van der Waals surface area contributed by atoms with E-state index in [-0.39, 0.29) is 5.91 Å². The van der Waals surface area contributed by atoms with Gasteiger partial charge in [-0.1, -0.05) is 58.0 Å². The van der Waals surface area contributed by atoms with Gasteiger partial charge in [-0.15, -0.1) is 0 Å². The largest absolute Gasteiger partial charge is 0.493 e. The first-order valence-electron chi connectivity index (χ1n) is 7.48. The summed E-state index contributed by atoms with van der Waals surface area (Å²) in [7, 11) is -1.63. The summed E-state index contributed by atoms with van der Waals surface area (Å²) in [6.07, 6.45) is 4.67. The van der Waals surface area contributed by atoms with Gasteiger partial charge in [0.1, 0.15) is 14.0 Å². The maximum absolute atomic E-state index is 12.3. The van der Waals surface area contributed by atoms with Gasteiger partial charge in [0.05, 0.1) is 12.2 Å². The van der Waals surface area contributed by atoms with Crippen molar-refractivity contribution in [3.63, 3.8) is 0 Å². The summed E-state index contributed by atoms with van der Waals surface area (Å²) in [6.45, 7) is 9.20. The molecule has 0 atom stereocenters. The van der Waals surface area contributed by atoms with E-state index >= 15 is 0 Å². The Kier molecular flexibility index (Phi) is 6.79. The van der Waals surface area contributed by atoms with Crippen molar-refractivity contribution >= 4 is 14.1 Å². The lowest BCUT2D eigenvalue weighted by Crippen LogP contribution is -2.45. The summed E-state index contributed by atoms with van der Waals surface area (Å²) >= 11 is 0. The van der Waals surface area contributed by atoms with Crippen LogP contribution in [0.15, 0.2) is 24.3 Å². The van der Waals surface area contributed by atoms with Crippen molar-refractivity contribution in [3.8, 4) is 5.75 Å². The van der Waals surface area contributed by atoms with Crippen LogP contribution in [0.4, 0.5) is 0 Å². The van der Waals surface area contributed by atoms with Crippen molar-refractivity contribution in [1.29, 1.82) is 0 Å². The molecule has 4 heteroatoms. The van der Waals surface area contributed by atoms with Gasteiger partial charge in [-0.3, -0.25) is 4.79 Å². The third-order valence-electron chi connectivity index (χ3n) is 2.88. The van der Waals surface area contributed by atoms with E-state index in [9.17, 15) is 4.79 Å². The van der Waals surface area contributed by atoms with Crippen LogP contribution in [-0.4, -0.2) is 20.7 Å². The van der Waals surface area contributed by atoms with Crippen molar-refractivity contribution in [3.05, 3.63) is 29.8 Å². The SMILES string of the molecule is CCCCCCOc1ccccc1C(=O)N[Si](C)(C)C. The minimum absolute atomic E-state index is 0.0201. The molecule has 1 rings (SSSR count).